The van der Waals surface area contributed by atoms with Crippen molar-refractivity contribution in [3.63, 3.8) is 0 Å². The van der Waals surface area contributed by atoms with Gasteiger partial charge in [-0.25, -0.2) is 0 Å². The van der Waals surface area contributed by atoms with Crippen LogP contribution >= 0.6 is 11.8 Å². The van der Waals surface area contributed by atoms with E-state index < -0.39 is 0 Å². The molecule has 4 aliphatic heterocycles. The monoisotopic (exact) mass is 331 g/mol. The van der Waals surface area contributed by atoms with Crippen molar-refractivity contribution in [3.05, 3.63) is 30.3 Å². The first-order valence-electron chi connectivity index (χ1n) is 9.25. The van der Waals surface area contributed by atoms with Crippen molar-refractivity contribution >= 4 is 11.8 Å². The third kappa shape index (κ3) is 3.93. The summed E-state index contributed by atoms with van der Waals surface area (Å²) in [7, 11) is 0. The Labute approximate surface area is 145 Å². The first kappa shape index (κ1) is 15.9. The lowest BCUT2D eigenvalue weighted by atomic mass is 9.83. The molecule has 0 radical (unpaired) electrons. The standard InChI is InChI=1S/C19H29N3S/c1-2-4-18(5-3-1)23-15-14-20-10-12-22(13-11-20)19-16-21-8-6-17(19)7-9-21/h1-5,17,19H,6-16H2. The number of piperazine rings is 1. The minimum absolute atomic E-state index is 0.860. The van der Waals surface area contributed by atoms with E-state index in [1.54, 1.807) is 0 Å². The number of hydrogen-bond donors (Lipinski definition) is 0. The lowest BCUT2D eigenvalue weighted by Gasteiger charge is -2.51. The second kappa shape index (κ2) is 7.56. The summed E-state index contributed by atoms with van der Waals surface area (Å²) in [5.41, 5.74) is 0. The van der Waals surface area contributed by atoms with Crippen molar-refractivity contribution in [2.75, 3.05) is 58.1 Å². The van der Waals surface area contributed by atoms with Crippen LogP contribution in [0.5, 0.6) is 0 Å². The normalized spacial score (nSPS) is 32.3. The molecule has 4 fully saturated rings. The van der Waals surface area contributed by atoms with Crippen LogP contribution in [0.1, 0.15) is 12.8 Å². The molecule has 4 aliphatic rings. The van der Waals surface area contributed by atoms with E-state index in [0.29, 0.717) is 0 Å². The Bertz CT molecular complexity index is 479. The van der Waals surface area contributed by atoms with Gasteiger partial charge in [-0.2, -0.15) is 0 Å². The van der Waals surface area contributed by atoms with E-state index in [4.69, 9.17) is 0 Å². The maximum Gasteiger partial charge on any atom is 0.0253 e. The maximum atomic E-state index is 2.80. The van der Waals surface area contributed by atoms with Crippen LogP contribution < -0.4 is 0 Å². The van der Waals surface area contributed by atoms with Gasteiger partial charge in [-0.15, -0.1) is 11.8 Å². The van der Waals surface area contributed by atoms with Gasteiger partial charge >= 0.3 is 0 Å². The Hall–Kier alpha value is -0.550. The van der Waals surface area contributed by atoms with Crippen molar-refractivity contribution in [2.45, 2.75) is 23.8 Å². The average Bonchev–Trinajstić information content (AvgIpc) is 2.64. The van der Waals surface area contributed by atoms with Crippen LogP contribution in [0, 0.1) is 5.92 Å². The predicted molar refractivity (Wildman–Crippen MR) is 98.1 cm³/mol. The molecule has 4 heterocycles. The highest BCUT2D eigenvalue weighted by Crippen LogP contribution is 2.31. The predicted octanol–water partition coefficient (Wildman–Crippen LogP) is 2.49. The molecule has 3 nitrogen and oxygen atoms in total. The van der Waals surface area contributed by atoms with Gasteiger partial charge in [-0.1, -0.05) is 18.2 Å². The molecule has 2 bridgehead atoms. The minimum Gasteiger partial charge on any atom is -0.302 e. The van der Waals surface area contributed by atoms with Crippen LogP contribution in [-0.2, 0) is 0 Å². The molecule has 1 aromatic carbocycles. The number of fused-ring (bicyclic) bond motifs is 3. The summed E-state index contributed by atoms with van der Waals surface area (Å²) in [5, 5.41) is 0. The Morgan fingerprint density at radius 3 is 2.30 bits per heavy atom. The van der Waals surface area contributed by atoms with Gasteiger partial charge in [0.2, 0.25) is 0 Å². The number of rotatable bonds is 5. The number of piperidine rings is 3. The van der Waals surface area contributed by atoms with Gasteiger partial charge in [0.25, 0.3) is 0 Å². The van der Waals surface area contributed by atoms with Gasteiger partial charge in [-0.3, -0.25) is 9.80 Å². The van der Waals surface area contributed by atoms with E-state index in [1.165, 1.54) is 75.8 Å². The highest BCUT2D eigenvalue weighted by molar-refractivity contribution is 7.99. The minimum atomic E-state index is 0.860. The summed E-state index contributed by atoms with van der Waals surface area (Å²) in [5.74, 6) is 2.20. The first-order chi connectivity index (χ1) is 11.4. The van der Waals surface area contributed by atoms with Crippen molar-refractivity contribution in [1.82, 2.24) is 14.7 Å². The molecule has 0 aromatic heterocycles. The van der Waals surface area contributed by atoms with Crippen LogP contribution in [0.15, 0.2) is 35.2 Å². The second-order valence-corrected chi connectivity index (χ2v) is 8.41. The van der Waals surface area contributed by atoms with Crippen LogP contribution in [0.4, 0.5) is 0 Å². The quantitative estimate of drug-likeness (QED) is 0.767. The van der Waals surface area contributed by atoms with Gasteiger partial charge in [0.1, 0.15) is 0 Å². The molecule has 0 spiro atoms. The van der Waals surface area contributed by atoms with Crippen LogP contribution in [0.2, 0.25) is 0 Å². The van der Waals surface area contributed by atoms with Crippen LogP contribution in [-0.4, -0.2) is 78.9 Å². The third-order valence-corrected chi connectivity index (χ3v) is 6.91. The van der Waals surface area contributed by atoms with Crippen molar-refractivity contribution in [2.24, 2.45) is 5.92 Å². The zero-order chi connectivity index (χ0) is 15.5. The number of nitrogens with zero attached hydrogens (tertiary/aromatic N) is 3. The third-order valence-electron chi connectivity index (χ3n) is 5.92. The fourth-order valence-corrected chi connectivity index (χ4v) is 5.41. The smallest absolute Gasteiger partial charge is 0.0253 e. The zero-order valence-electron chi connectivity index (χ0n) is 14.1. The summed E-state index contributed by atoms with van der Waals surface area (Å²) >= 11 is 1.99. The molecule has 126 valence electrons. The molecule has 4 heteroatoms. The Morgan fingerprint density at radius 2 is 1.65 bits per heavy atom. The molecule has 1 aromatic rings. The second-order valence-electron chi connectivity index (χ2n) is 7.24. The zero-order valence-corrected chi connectivity index (χ0v) is 14.9. The molecular weight excluding hydrogens is 302 g/mol. The van der Waals surface area contributed by atoms with Crippen LogP contribution in [0.3, 0.4) is 0 Å². The lowest BCUT2D eigenvalue weighted by molar-refractivity contribution is -0.0143. The molecular formula is C19H29N3S. The van der Waals surface area contributed by atoms with Gasteiger partial charge in [-0.05, 0) is 44.0 Å². The largest absolute Gasteiger partial charge is 0.302 e. The molecule has 0 amide bonds. The van der Waals surface area contributed by atoms with E-state index in [2.05, 4.69) is 45.0 Å². The van der Waals surface area contributed by atoms with Gasteiger partial charge < -0.3 is 4.90 Å². The van der Waals surface area contributed by atoms with E-state index in [-0.39, 0.29) is 0 Å². The fourth-order valence-electron chi connectivity index (χ4n) is 4.48. The molecule has 0 saturated carbocycles. The highest BCUT2D eigenvalue weighted by Gasteiger charge is 2.38. The molecule has 1 atom stereocenters. The summed E-state index contributed by atoms with van der Waals surface area (Å²) < 4.78 is 0. The van der Waals surface area contributed by atoms with E-state index in [9.17, 15) is 0 Å². The summed E-state index contributed by atoms with van der Waals surface area (Å²) in [6, 6.07) is 11.7. The number of benzene rings is 1. The lowest BCUT2D eigenvalue weighted by Crippen LogP contribution is -2.61. The first-order valence-corrected chi connectivity index (χ1v) is 10.2. The topological polar surface area (TPSA) is 9.72 Å². The maximum absolute atomic E-state index is 2.80. The summed E-state index contributed by atoms with van der Waals surface area (Å²) in [6.07, 6.45) is 2.89. The molecule has 23 heavy (non-hydrogen) atoms. The molecule has 4 saturated heterocycles. The van der Waals surface area contributed by atoms with Gasteiger partial charge in [0.15, 0.2) is 0 Å². The fraction of sp³-hybridized carbons (Fsp3) is 0.684. The van der Waals surface area contributed by atoms with Crippen LogP contribution in [0.25, 0.3) is 0 Å². The van der Waals surface area contributed by atoms with Gasteiger partial charge in [0, 0.05) is 56.0 Å². The molecule has 5 rings (SSSR count). The highest BCUT2D eigenvalue weighted by atomic mass is 32.2. The van der Waals surface area contributed by atoms with Crippen molar-refractivity contribution in [1.29, 1.82) is 0 Å². The van der Waals surface area contributed by atoms with E-state index in [0.717, 1.165) is 12.0 Å². The molecule has 1 unspecified atom stereocenters. The number of thioether (sulfide) groups is 1. The van der Waals surface area contributed by atoms with E-state index in [1.807, 2.05) is 11.8 Å². The Kier molecular flexibility index (Phi) is 5.24. The molecule has 0 N–H and O–H groups in total. The Morgan fingerprint density at radius 1 is 0.913 bits per heavy atom. The average molecular weight is 332 g/mol. The van der Waals surface area contributed by atoms with Crippen molar-refractivity contribution in [3.8, 4) is 0 Å². The van der Waals surface area contributed by atoms with E-state index >= 15 is 0 Å². The summed E-state index contributed by atoms with van der Waals surface area (Å²) in [6.45, 7) is 10.4. The molecule has 0 aliphatic carbocycles. The Balaban J connectivity index is 1.19. The van der Waals surface area contributed by atoms with Crippen molar-refractivity contribution < 1.29 is 0 Å². The number of hydrogen-bond acceptors (Lipinski definition) is 4. The SMILES string of the molecule is c1ccc(SCCN2CCN(C3CN4CCC3CC4)CC2)cc1. The summed E-state index contributed by atoms with van der Waals surface area (Å²) in [4.78, 5) is 9.55. The van der Waals surface area contributed by atoms with Gasteiger partial charge in [0.05, 0.1) is 0 Å².